The summed E-state index contributed by atoms with van der Waals surface area (Å²) in [6.07, 6.45) is 4.23. The summed E-state index contributed by atoms with van der Waals surface area (Å²) in [6.45, 7) is 3.01. The minimum Gasteiger partial charge on any atom is -0.397 e. The van der Waals surface area contributed by atoms with E-state index in [9.17, 15) is 9.18 Å². The summed E-state index contributed by atoms with van der Waals surface area (Å²) in [5.74, 6) is -0.653. The number of hydrogen-bond acceptors (Lipinski definition) is 2. The minimum absolute atomic E-state index is 0.111. The molecule has 0 aliphatic rings. The Balaban J connectivity index is 4.23. The second kappa shape index (κ2) is 6.43. The van der Waals surface area contributed by atoms with E-state index in [0.29, 0.717) is 12.8 Å². The summed E-state index contributed by atoms with van der Waals surface area (Å²) in [4.78, 5) is 9.94. The van der Waals surface area contributed by atoms with E-state index in [0.717, 1.165) is 12.4 Å². The van der Waals surface area contributed by atoms with E-state index < -0.39 is 5.83 Å². The van der Waals surface area contributed by atoms with Crippen LogP contribution >= 0.6 is 11.6 Å². The fourth-order valence-electron chi connectivity index (χ4n) is 0.634. The monoisotopic (exact) mass is 203 g/mol. The van der Waals surface area contributed by atoms with Crippen molar-refractivity contribution in [2.24, 2.45) is 5.73 Å². The third-order valence-corrected chi connectivity index (χ3v) is 1.57. The molecule has 0 rings (SSSR count). The smallest absolute Gasteiger partial charge is 0.120 e. The van der Waals surface area contributed by atoms with E-state index in [-0.39, 0.29) is 10.7 Å². The molecule has 0 fully saturated rings. The molecule has 0 amide bonds. The van der Waals surface area contributed by atoms with Crippen molar-refractivity contribution in [1.29, 1.82) is 0 Å². The molecular formula is C9H11ClFNO. The Morgan fingerprint density at radius 1 is 1.54 bits per heavy atom. The lowest BCUT2D eigenvalue weighted by molar-refractivity contribution is -0.107. The molecule has 4 heteroatoms. The second-order valence-corrected chi connectivity index (χ2v) is 2.75. The van der Waals surface area contributed by atoms with Gasteiger partial charge in [-0.3, -0.25) is 0 Å². The average molecular weight is 204 g/mol. The zero-order valence-corrected chi connectivity index (χ0v) is 7.85. The number of carbonyl (C=O) groups excluding carboxylic acids is 1. The molecule has 0 aliphatic heterocycles. The van der Waals surface area contributed by atoms with E-state index in [1.54, 1.807) is 6.08 Å². The summed E-state index contributed by atoms with van der Waals surface area (Å²) in [5, 5.41) is 0.237. The highest BCUT2D eigenvalue weighted by atomic mass is 35.5. The van der Waals surface area contributed by atoms with Crippen LogP contribution in [0.25, 0.3) is 0 Å². The van der Waals surface area contributed by atoms with Gasteiger partial charge in [0.05, 0.1) is 10.7 Å². The lowest BCUT2D eigenvalue weighted by Crippen LogP contribution is -1.97. The average Bonchev–Trinajstić information content (AvgIpc) is 2.03. The maximum Gasteiger partial charge on any atom is 0.120 e. The van der Waals surface area contributed by atoms with Crippen LogP contribution in [0, 0.1) is 0 Å². The van der Waals surface area contributed by atoms with Crippen molar-refractivity contribution in [2.45, 2.75) is 12.8 Å². The molecular weight excluding hydrogens is 193 g/mol. The maximum atomic E-state index is 12.2. The summed E-state index contributed by atoms with van der Waals surface area (Å²) < 4.78 is 12.2. The molecule has 0 spiro atoms. The number of unbranched alkanes of at least 4 members (excludes halogenated alkanes) is 1. The summed E-state index contributed by atoms with van der Waals surface area (Å²) in [6, 6.07) is 0. The van der Waals surface area contributed by atoms with Gasteiger partial charge in [0.2, 0.25) is 0 Å². The number of carbonyl (C=O) groups is 1. The van der Waals surface area contributed by atoms with E-state index in [1.807, 2.05) is 0 Å². The van der Waals surface area contributed by atoms with Gasteiger partial charge in [0.15, 0.2) is 0 Å². The Morgan fingerprint density at radius 2 is 2.15 bits per heavy atom. The fourth-order valence-corrected chi connectivity index (χ4v) is 0.797. The normalized spacial score (nSPS) is 12.8. The number of rotatable bonds is 5. The van der Waals surface area contributed by atoms with Crippen LogP contribution in [0.1, 0.15) is 12.8 Å². The predicted octanol–water partition coefficient (Wildman–Crippen LogP) is 2.41. The van der Waals surface area contributed by atoms with Crippen molar-refractivity contribution in [3.05, 3.63) is 35.3 Å². The Kier molecular flexibility index (Phi) is 5.89. The molecule has 0 saturated heterocycles. The second-order valence-electron chi connectivity index (χ2n) is 2.34. The maximum absolute atomic E-state index is 12.2. The molecule has 0 heterocycles. The first kappa shape index (κ1) is 11.9. The molecule has 0 radical (unpaired) electrons. The lowest BCUT2D eigenvalue weighted by Gasteiger charge is -1.97. The van der Waals surface area contributed by atoms with Gasteiger partial charge in [0.25, 0.3) is 0 Å². The van der Waals surface area contributed by atoms with Crippen molar-refractivity contribution in [3.63, 3.8) is 0 Å². The van der Waals surface area contributed by atoms with Crippen LogP contribution in [0.5, 0.6) is 0 Å². The highest BCUT2D eigenvalue weighted by molar-refractivity contribution is 6.31. The first-order valence-electron chi connectivity index (χ1n) is 3.69. The highest BCUT2D eigenvalue weighted by Gasteiger charge is 1.96. The molecule has 0 atom stereocenters. The number of halogens is 2. The van der Waals surface area contributed by atoms with Gasteiger partial charge in [0, 0.05) is 6.42 Å². The SMILES string of the molecule is C=C(F)/C=C(N)\C(Cl)=C/CCC=O. The van der Waals surface area contributed by atoms with E-state index >= 15 is 0 Å². The number of hydrogen-bond donors (Lipinski definition) is 1. The minimum atomic E-state index is -0.653. The van der Waals surface area contributed by atoms with Crippen LogP contribution < -0.4 is 5.73 Å². The number of nitrogens with two attached hydrogens (primary N) is 1. The van der Waals surface area contributed by atoms with Gasteiger partial charge in [-0.05, 0) is 12.5 Å². The fraction of sp³-hybridized carbons (Fsp3) is 0.222. The van der Waals surface area contributed by atoms with Crippen molar-refractivity contribution < 1.29 is 9.18 Å². The molecule has 2 nitrogen and oxygen atoms in total. The standard InChI is InChI=1S/C9H11ClFNO/c1-7(11)6-9(12)8(10)4-2-3-5-13/h4-6H,1-3,12H2/b8-4+,9-6+. The van der Waals surface area contributed by atoms with E-state index in [2.05, 4.69) is 6.58 Å². The van der Waals surface area contributed by atoms with Crippen LogP contribution in [0.4, 0.5) is 4.39 Å². The Bertz CT molecular complexity index is 258. The zero-order chi connectivity index (χ0) is 10.3. The van der Waals surface area contributed by atoms with Gasteiger partial charge in [-0.1, -0.05) is 24.3 Å². The molecule has 0 unspecified atom stereocenters. The van der Waals surface area contributed by atoms with Gasteiger partial charge < -0.3 is 10.5 Å². The van der Waals surface area contributed by atoms with Crippen molar-refractivity contribution in [2.75, 3.05) is 0 Å². The van der Waals surface area contributed by atoms with Crippen LogP contribution in [-0.2, 0) is 4.79 Å². The predicted molar refractivity (Wildman–Crippen MR) is 51.8 cm³/mol. The summed E-state index contributed by atoms with van der Waals surface area (Å²) >= 11 is 5.66. The van der Waals surface area contributed by atoms with Gasteiger partial charge in [0.1, 0.15) is 12.1 Å². The van der Waals surface area contributed by atoms with Crippen molar-refractivity contribution in [3.8, 4) is 0 Å². The molecule has 0 aromatic carbocycles. The third kappa shape index (κ3) is 6.11. The molecule has 13 heavy (non-hydrogen) atoms. The molecule has 2 N–H and O–H groups in total. The van der Waals surface area contributed by atoms with Crippen LogP contribution in [0.2, 0.25) is 0 Å². The molecule has 0 aliphatic carbocycles. The third-order valence-electron chi connectivity index (χ3n) is 1.20. The number of aldehydes is 1. The molecule has 0 aromatic heterocycles. The number of allylic oxidation sites excluding steroid dienone is 4. The first-order valence-corrected chi connectivity index (χ1v) is 4.07. The van der Waals surface area contributed by atoms with Gasteiger partial charge in [-0.2, -0.15) is 0 Å². The quantitative estimate of drug-likeness (QED) is 0.424. The summed E-state index contributed by atoms with van der Waals surface area (Å²) in [5.41, 5.74) is 5.48. The summed E-state index contributed by atoms with van der Waals surface area (Å²) in [7, 11) is 0. The molecule has 72 valence electrons. The molecule has 0 saturated carbocycles. The van der Waals surface area contributed by atoms with E-state index in [4.69, 9.17) is 17.3 Å². The van der Waals surface area contributed by atoms with Crippen LogP contribution in [-0.4, -0.2) is 6.29 Å². The van der Waals surface area contributed by atoms with Gasteiger partial charge in [-0.25, -0.2) is 4.39 Å². The van der Waals surface area contributed by atoms with Gasteiger partial charge in [-0.15, -0.1) is 0 Å². The Labute approximate surface area is 81.6 Å². The topological polar surface area (TPSA) is 43.1 Å². The highest BCUT2D eigenvalue weighted by Crippen LogP contribution is 2.13. The van der Waals surface area contributed by atoms with E-state index in [1.165, 1.54) is 0 Å². The largest absolute Gasteiger partial charge is 0.397 e. The molecule has 0 aromatic rings. The first-order chi connectivity index (χ1) is 6.07. The molecule has 0 bridgehead atoms. The zero-order valence-electron chi connectivity index (χ0n) is 7.09. The van der Waals surface area contributed by atoms with Gasteiger partial charge >= 0.3 is 0 Å². The van der Waals surface area contributed by atoms with Crippen molar-refractivity contribution >= 4 is 17.9 Å². The van der Waals surface area contributed by atoms with Crippen molar-refractivity contribution in [1.82, 2.24) is 0 Å². The Morgan fingerprint density at radius 3 is 2.62 bits per heavy atom. The lowest BCUT2D eigenvalue weighted by atomic mass is 10.2. The Hall–Kier alpha value is -1.09. The van der Waals surface area contributed by atoms with Crippen LogP contribution in [0.3, 0.4) is 0 Å². The van der Waals surface area contributed by atoms with Crippen LogP contribution in [0.15, 0.2) is 35.3 Å².